The van der Waals surface area contributed by atoms with E-state index in [-0.39, 0.29) is 57.0 Å². The number of aryl methyl sites for hydroxylation is 1. The molecule has 1 unspecified atom stereocenters. The number of methoxy groups -OCH3 is 1. The molecule has 8 atom stereocenters. The van der Waals surface area contributed by atoms with Crippen molar-refractivity contribution in [1.82, 2.24) is 30.5 Å². The molecular formula is C61H97N7O25. The van der Waals surface area contributed by atoms with E-state index in [0.29, 0.717) is 150 Å². The molecule has 3 heterocycles. The van der Waals surface area contributed by atoms with Gasteiger partial charge >= 0.3 is 11.9 Å². The number of esters is 1. The maximum atomic E-state index is 14.1. The van der Waals surface area contributed by atoms with Crippen LogP contribution in [0.5, 0.6) is 0 Å². The van der Waals surface area contributed by atoms with Crippen LogP contribution in [0, 0.1) is 11.8 Å². The molecule has 93 heavy (non-hydrogen) atoms. The highest BCUT2D eigenvalue weighted by atomic mass is 16.6. The van der Waals surface area contributed by atoms with Crippen LogP contribution >= 0.6 is 0 Å². The second-order valence-corrected chi connectivity index (χ2v) is 21.9. The molecule has 1 aromatic carbocycles. The summed E-state index contributed by atoms with van der Waals surface area (Å²) in [6, 6.07) is 0.751. The molecule has 32 nitrogen and oxygen atoms in total. The highest BCUT2D eigenvalue weighted by molar-refractivity contribution is 6.15. The number of aromatic nitrogens is 3. The van der Waals surface area contributed by atoms with Crippen molar-refractivity contribution in [3.8, 4) is 0 Å². The predicted molar refractivity (Wildman–Crippen MR) is 326 cm³/mol. The van der Waals surface area contributed by atoms with Crippen LogP contribution in [0.25, 0.3) is 0 Å². The molecule has 2 aromatic rings. The van der Waals surface area contributed by atoms with Gasteiger partial charge in [-0.25, -0.2) is 9.48 Å². The molecule has 2 aliphatic rings. The van der Waals surface area contributed by atoms with Gasteiger partial charge in [0.15, 0.2) is 6.10 Å². The van der Waals surface area contributed by atoms with E-state index in [1.54, 1.807) is 53.1 Å². The Kier molecular flexibility index (Phi) is 39.4. The van der Waals surface area contributed by atoms with Crippen molar-refractivity contribution >= 4 is 47.2 Å². The minimum Gasteiger partial charge on any atom is -0.479 e. The summed E-state index contributed by atoms with van der Waals surface area (Å²) in [6.07, 6.45) is -5.02. The van der Waals surface area contributed by atoms with Crippen molar-refractivity contribution in [2.45, 2.75) is 116 Å². The zero-order valence-electron chi connectivity index (χ0n) is 54.2. The van der Waals surface area contributed by atoms with Gasteiger partial charge in [0.2, 0.25) is 17.7 Å². The molecule has 0 spiro atoms. The predicted octanol–water partition coefficient (Wildman–Crippen LogP) is -1.21. The number of carbonyl (C=O) groups is 7. The van der Waals surface area contributed by atoms with Gasteiger partial charge < -0.3 is 103 Å². The fourth-order valence-electron chi connectivity index (χ4n) is 8.85. The molecule has 526 valence electrons. The number of anilines is 1. The summed E-state index contributed by atoms with van der Waals surface area (Å²) < 4.78 is 77.8. The number of carbonyl (C=O) groups excluding carboxylic acids is 6. The summed E-state index contributed by atoms with van der Waals surface area (Å²) in [5.41, 5.74) is 1.48. The van der Waals surface area contributed by atoms with Crippen molar-refractivity contribution < 1.29 is 120 Å². The molecule has 2 aliphatic heterocycles. The summed E-state index contributed by atoms with van der Waals surface area (Å²) >= 11 is 0. The van der Waals surface area contributed by atoms with E-state index in [4.69, 9.17) is 66.3 Å². The van der Waals surface area contributed by atoms with Crippen molar-refractivity contribution in [2.75, 3.05) is 164 Å². The molecule has 1 saturated heterocycles. The smallest absolute Gasteiger partial charge is 0.335 e. The third-order valence-corrected chi connectivity index (χ3v) is 14.0. The van der Waals surface area contributed by atoms with Gasteiger partial charge in [-0.2, -0.15) is 0 Å². The minimum absolute atomic E-state index is 0.0604. The van der Waals surface area contributed by atoms with Crippen LogP contribution in [0.15, 0.2) is 36.5 Å². The number of benzene rings is 1. The van der Waals surface area contributed by atoms with E-state index in [2.05, 4.69) is 26.3 Å². The van der Waals surface area contributed by atoms with Crippen molar-refractivity contribution in [2.24, 2.45) is 11.8 Å². The standard InChI is InChI=1S/C61H97N7O25/c1-41(2)52(59(76)62-43(5)57(74)63-46-9-7-45(40-92-61(79)42(3)4)44(37-46)8-10-49-53(71)54(72)55(73)56(93-49)60(77)78)64-58(75)48(68-50(69)11-12-51(68)70)38-47-39-67(66-65-47)13-14-81-17-18-83-21-22-85-25-26-87-29-30-89-33-34-91-36-35-90-32-31-88-28-27-86-24-23-84-20-19-82-16-15-80-6/h7,9,11-12,37,39,41-43,48-49,52-56,71-73H,8,10,13-36,38,40H2,1-6H3,(H,62,76)(H,63,74)(H,64,75)(H,77,78)/t43-,48?,49-,52-,53-,54+,55-,56-/m0/s1. The summed E-state index contributed by atoms with van der Waals surface area (Å²) in [5, 5.41) is 56.9. The first-order valence-corrected chi connectivity index (χ1v) is 31.2. The first-order chi connectivity index (χ1) is 44.8. The molecule has 5 amide bonds. The lowest BCUT2D eigenvalue weighted by atomic mass is 9.91. The number of hydrogen-bond donors (Lipinski definition) is 7. The first-order valence-electron chi connectivity index (χ1n) is 31.2. The number of rotatable bonds is 53. The number of hydrogen-bond acceptors (Lipinski definition) is 26. The molecule has 32 heteroatoms. The lowest BCUT2D eigenvalue weighted by Crippen LogP contribution is -2.59. The fraction of sp³-hybridized carbons (Fsp3) is 0.721. The SMILES string of the molecule is COCCOCCOCCOCCOCCOCCOCCOCCOCCOCCOCCOCCn1cc(CC(C(=O)N[C@H](C(=O)N[C@@H](C)C(=O)Nc2ccc(COC(=O)C(C)C)c(CC[C@@H]3O[C@H](C(=O)O)[C@@H](O)[C@H](O)[C@H]3O)c2)C(C)C)N2C(=O)C=CC2=O)nn1. The van der Waals surface area contributed by atoms with Crippen LogP contribution in [-0.2, 0) is 126 Å². The number of nitrogens with zero attached hydrogens (tertiary/aromatic N) is 4. The van der Waals surface area contributed by atoms with Crippen LogP contribution in [0.3, 0.4) is 0 Å². The van der Waals surface area contributed by atoms with E-state index in [1.807, 2.05) is 0 Å². The van der Waals surface area contributed by atoms with Gasteiger partial charge in [0.25, 0.3) is 11.8 Å². The third-order valence-electron chi connectivity index (χ3n) is 14.0. The topological polar surface area (TPSA) is 400 Å². The highest BCUT2D eigenvalue weighted by Crippen LogP contribution is 2.27. The minimum atomic E-state index is -1.88. The Hall–Kier alpha value is -6.05. The maximum absolute atomic E-state index is 14.1. The summed E-state index contributed by atoms with van der Waals surface area (Å²) in [4.78, 5) is 92.3. The largest absolute Gasteiger partial charge is 0.479 e. The fourth-order valence-corrected chi connectivity index (χ4v) is 8.85. The molecule has 1 fully saturated rings. The Morgan fingerprint density at radius 1 is 0.591 bits per heavy atom. The second-order valence-electron chi connectivity index (χ2n) is 21.9. The highest BCUT2D eigenvalue weighted by Gasteiger charge is 2.47. The van der Waals surface area contributed by atoms with Crippen molar-refractivity contribution in [3.05, 3.63) is 53.4 Å². The molecule has 0 saturated carbocycles. The molecule has 0 aliphatic carbocycles. The average Bonchev–Trinajstić information content (AvgIpc) is 1.87. The number of aliphatic carboxylic acids is 1. The summed E-state index contributed by atoms with van der Waals surface area (Å²) in [7, 11) is 1.63. The first kappa shape index (κ1) is 79.4. The van der Waals surface area contributed by atoms with Gasteiger partial charge in [-0.1, -0.05) is 39.0 Å². The number of nitrogens with one attached hydrogen (secondary N) is 3. The van der Waals surface area contributed by atoms with E-state index in [9.17, 15) is 54.0 Å². The quantitative estimate of drug-likeness (QED) is 0.0232. The van der Waals surface area contributed by atoms with E-state index in [0.717, 1.165) is 17.1 Å². The normalized spacial score (nSPS) is 18.3. The van der Waals surface area contributed by atoms with E-state index < -0.39 is 102 Å². The lowest BCUT2D eigenvalue weighted by Gasteiger charge is -2.39. The zero-order chi connectivity index (χ0) is 67.8. The monoisotopic (exact) mass is 1330 g/mol. The Morgan fingerprint density at radius 3 is 1.52 bits per heavy atom. The van der Waals surface area contributed by atoms with Gasteiger partial charge in [-0.15, -0.1) is 5.10 Å². The van der Waals surface area contributed by atoms with Gasteiger partial charge in [-0.05, 0) is 48.9 Å². The van der Waals surface area contributed by atoms with Crippen LogP contribution in [0.1, 0.15) is 57.9 Å². The number of carboxylic acids is 1. The van der Waals surface area contributed by atoms with Crippen LogP contribution in [-0.4, -0.2) is 290 Å². The third kappa shape index (κ3) is 30.9. The van der Waals surface area contributed by atoms with Crippen LogP contribution in [0.4, 0.5) is 5.69 Å². The number of aliphatic hydroxyl groups excluding tert-OH is 3. The molecular weight excluding hydrogens is 1230 g/mol. The maximum Gasteiger partial charge on any atom is 0.335 e. The average molecular weight is 1330 g/mol. The molecule has 0 bridgehead atoms. The zero-order valence-corrected chi connectivity index (χ0v) is 54.2. The number of ether oxygens (including phenoxy) is 14. The van der Waals surface area contributed by atoms with Gasteiger partial charge in [-0.3, -0.25) is 33.7 Å². The Bertz CT molecular complexity index is 2520. The molecule has 7 N–H and O–H groups in total. The Labute approximate surface area is 541 Å². The van der Waals surface area contributed by atoms with Crippen molar-refractivity contribution in [1.29, 1.82) is 0 Å². The van der Waals surface area contributed by atoms with Crippen LogP contribution in [0.2, 0.25) is 0 Å². The Balaban J connectivity index is 1.08. The van der Waals surface area contributed by atoms with Crippen molar-refractivity contribution in [3.63, 3.8) is 0 Å². The molecule has 4 rings (SSSR count). The van der Waals surface area contributed by atoms with Gasteiger partial charge in [0.1, 0.15) is 43.0 Å². The lowest BCUT2D eigenvalue weighted by molar-refractivity contribution is -0.228. The summed E-state index contributed by atoms with van der Waals surface area (Å²) in [6.45, 7) is 18.1. The van der Waals surface area contributed by atoms with Crippen LogP contribution < -0.4 is 16.0 Å². The number of imide groups is 1. The number of aliphatic hydroxyl groups is 3. The summed E-state index contributed by atoms with van der Waals surface area (Å²) in [5.74, 6) is -6.81. The second kappa shape index (κ2) is 46.1. The molecule has 1 aromatic heterocycles. The number of amides is 5. The van der Waals surface area contributed by atoms with E-state index in [1.165, 1.54) is 17.7 Å². The van der Waals surface area contributed by atoms with Gasteiger partial charge in [0.05, 0.1) is 176 Å². The number of carboxylic acid groups (broad SMARTS) is 1. The Morgan fingerprint density at radius 2 is 1.06 bits per heavy atom. The molecule has 0 radical (unpaired) electrons. The van der Waals surface area contributed by atoms with Gasteiger partial charge in [0, 0.05) is 37.6 Å². The van der Waals surface area contributed by atoms with E-state index >= 15 is 0 Å².